The molecule has 100 valence electrons. The molecule has 0 spiro atoms. The van der Waals surface area contributed by atoms with E-state index < -0.39 is 11.5 Å². The molecule has 1 N–H and O–H groups in total. The summed E-state index contributed by atoms with van der Waals surface area (Å²) in [7, 11) is 2.92. The number of nitrogens with one attached hydrogen (secondary N) is 1. The Labute approximate surface area is 107 Å². The number of carbonyl (C=O) groups excluding carboxylic acids is 2. The Kier molecular flexibility index (Phi) is 7.99. The molecule has 0 rings (SSSR count). The fourth-order valence-electron chi connectivity index (χ4n) is 1.06. The van der Waals surface area contributed by atoms with Crippen molar-refractivity contribution in [2.45, 2.75) is 20.3 Å². The number of carbonyl (C=O) groups is 2. The van der Waals surface area contributed by atoms with Crippen molar-refractivity contribution in [1.29, 1.82) is 0 Å². The maximum atomic E-state index is 11.8. The first-order valence-corrected chi connectivity index (χ1v) is 6.40. The molecule has 0 atom stereocenters. The van der Waals surface area contributed by atoms with Crippen molar-refractivity contribution in [3.63, 3.8) is 0 Å². The van der Waals surface area contributed by atoms with Gasteiger partial charge in [-0.2, -0.15) is 0 Å². The predicted molar refractivity (Wildman–Crippen MR) is 68.1 cm³/mol. The summed E-state index contributed by atoms with van der Waals surface area (Å²) in [4.78, 5) is 22.7. The zero-order valence-electron chi connectivity index (χ0n) is 10.9. The number of alkyl carbamates (subject to hydrolysis) is 1. The van der Waals surface area contributed by atoms with Crippen LogP contribution in [-0.2, 0) is 14.3 Å². The minimum Gasteiger partial charge on any atom is -0.453 e. The molecule has 0 aliphatic carbocycles. The van der Waals surface area contributed by atoms with Crippen molar-refractivity contribution in [3.8, 4) is 0 Å². The van der Waals surface area contributed by atoms with Crippen LogP contribution in [0.15, 0.2) is 0 Å². The van der Waals surface area contributed by atoms with Crippen molar-refractivity contribution in [2.24, 2.45) is 5.41 Å². The van der Waals surface area contributed by atoms with Crippen LogP contribution in [0.2, 0.25) is 0 Å². The highest BCUT2D eigenvalue weighted by Gasteiger charge is 2.27. The summed E-state index contributed by atoms with van der Waals surface area (Å²) in [5, 5.41) is 2.68. The Morgan fingerprint density at radius 3 is 2.47 bits per heavy atom. The number of methoxy groups -OCH3 is 2. The first-order valence-electron chi connectivity index (χ1n) is 5.42. The van der Waals surface area contributed by atoms with Gasteiger partial charge in [-0.3, -0.25) is 4.79 Å². The SMILES string of the molecule is COCCSC(=O)C(C)(C)CCNC(=O)OC. The van der Waals surface area contributed by atoms with Crippen LogP contribution in [0, 0.1) is 5.41 Å². The topological polar surface area (TPSA) is 64.6 Å². The maximum absolute atomic E-state index is 11.8. The minimum atomic E-state index is -0.472. The van der Waals surface area contributed by atoms with E-state index >= 15 is 0 Å². The third-order valence-corrected chi connectivity index (χ3v) is 3.46. The third-order valence-electron chi connectivity index (χ3n) is 2.28. The van der Waals surface area contributed by atoms with Gasteiger partial charge in [0.1, 0.15) is 0 Å². The average Bonchev–Trinajstić information content (AvgIpc) is 2.28. The zero-order valence-corrected chi connectivity index (χ0v) is 11.7. The Bertz CT molecular complexity index is 256. The number of ether oxygens (including phenoxy) is 2. The molecule has 6 heteroatoms. The Hall–Kier alpha value is -0.750. The smallest absolute Gasteiger partial charge is 0.406 e. The number of amides is 1. The molecule has 17 heavy (non-hydrogen) atoms. The first-order chi connectivity index (χ1) is 7.94. The molecule has 5 nitrogen and oxygen atoms in total. The van der Waals surface area contributed by atoms with Crippen molar-refractivity contribution in [3.05, 3.63) is 0 Å². The van der Waals surface area contributed by atoms with E-state index in [1.165, 1.54) is 18.9 Å². The zero-order chi connectivity index (χ0) is 13.3. The van der Waals surface area contributed by atoms with Gasteiger partial charge >= 0.3 is 6.09 Å². The largest absolute Gasteiger partial charge is 0.453 e. The number of hydrogen-bond acceptors (Lipinski definition) is 5. The van der Waals surface area contributed by atoms with Crippen LogP contribution < -0.4 is 5.32 Å². The highest BCUT2D eigenvalue weighted by molar-refractivity contribution is 8.13. The second-order valence-electron chi connectivity index (χ2n) is 4.18. The van der Waals surface area contributed by atoms with E-state index in [9.17, 15) is 9.59 Å². The van der Waals surface area contributed by atoms with Crippen molar-refractivity contribution < 1.29 is 19.1 Å². The van der Waals surface area contributed by atoms with Crippen LogP contribution in [0.25, 0.3) is 0 Å². The van der Waals surface area contributed by atoms with Crippen LogP contribution in [0.3, 0.4) is 0 Å². The van der Waals surface area contributed by atoms with Crippen molar-refractivity contribution in [2.75, 3.05) is 33.1 Å². The van der Waals surface area contributed by atoms with E-state index in [-0.39, 0.29) is 5.12 Å². The molecule has 0 aromatic rings. The summed E-state index contributed by atoms with van der Waals surface area (Å²) < 4.78 is 9.33. The lowest BCUT2D eigenvalue weighted by molar-refractivity contribution is -0.118. The summed E-state index contributed by atoms with van der Waals surface area (Å²) >= 11 is 1.26. The number of hydrogen-bond donors (Lipinski definition) is 1. The monoisotopic (exact) mass is 263 g/mol. The van der Waals surface area contributed by atoms with Crippen LogP contribution in [0.1, 0.15) is 20.3 Å². The van der Waals surface area contributed by atoms with Crippen molar-refractivity contribution >= 4 is 23.0 Å². The van der Waals surface area contributed by atoms with E-state index in [1.54, 1.807) is 7.11 Å². The molecule has 0 aromatic heterocycles. The van der Waals surface area contributed by atoms with Gasteiger partial charge in [0.15, 0.2) is 5.12 Å². The van der Waals surface area contributed by atoms with E-state index in [1.807, 2.05) is 13.8 Å². The highest BCUT2D eigenvalue weighted by Crippen LogP contribution is 2.27. The summed E-state index contributed by atoms with van der Waals surface area (Å²) in [5.41, 5.74) is -0.459. The number of thioether (sulfide) groups is 1. The molecule has 1 amide bonds. The molecule has 0 heterocycles. The molecule has 0 aromatic carbocycles. The fourth-order valence-corrected chi connectivity index (χ4v) is 1.99. The first kappa shape index (κ1) is 16.2. The molecule has 0 fully saturated rings. The Morgan fingerprint density at radius 1 is 1.29 bits per heavy atom. The van der Waals surface area contributed by atoms with Gasteiger partial charge in [0.25, 0.3) is 0 Å². The Morgan fingerprint density at radius 2 is 1.94 bits per heavy atom. The van der Waals surface area contributed by atoms with E-state index in [4.69, 9.17) is 4.74 Å². The van der Waals surface area contributed by atoms with Gasteiger partial charge in [0.2, 0.25) is 0 Å². The van der Waals surface area contributed by atoms with E-state index in [0.29, 0.717) is 25.3 Å². The molecule has 0 saturated heterocycles. The molecule has 0 bridgehead atoms. The van der Waals surface area contributed by atoms with Gasteiger partial charge in [-0.15, -0.1) is 0 Å². The average molecular weight is 263 g/mol. The fraction of sp³-hybridized carbons (Fsp3) is 0.818. The quantitative estimate of drug-likeness (QED) is 0.708. The van der Waals surface area contributed by atoms with Gasteiger partial charge in [-0.1, -0.05) is 25.6 Å². The molecule has 0 saturated carbocycles. The molecular formula is C11H21NO4S. The van der Waals surface area contributed by atoms with Gasteiger partial charge in [-0.05, 0) is 6.42 Å². The molecule has 0 aliphatic heterocycles. The highest BCUT2D eigenvalue weighted by atomic mass is 32.2. The van der Waals surface area contributed by atoms with Crippen molar-refractivity contribution in [1.82, 2.24) is 5.32 Å². The van der Waals surface area contributed by atoms with Gasteiger partial charge in [-0.25, -0.2) is 4.79 Å². The minimum absolute atomic E-state index is 0.112. The summed E-state index contributed by atoms with van der Waals surface area (Å²) in [6.45, 7) is 4.73. The number of rotatable bonds is 7. The summed E-state index contributed by atoms with van der Waals surface area (Å²) in [6, 6.07) is 0. The van der Waals surface area contributed by atoms with Crippen LogP contribution in [0.4, 0.5) is 4.79 Å². The normalized spacial score (nSPS) is 11.1. The predicted octanol–water partition coefficient (Wildman–Crippen LogP) is 1.66. The summed E-state index contributed by atoms with van der Waals surface area (Å²) in [5.74, 6) is 0.656. The van der Waals surface area contributed by atoms with Gasteiger partial charge < -0.3 is 14.8 Å². The Balaban J connectivity index is 3.91. The standard InChI is InChI=1S/C11H21NO4S/c1-11(2,5-6-12-10(14)16-4)9(13)17-8-7-15-3/h5-8H2,1-4H3,(H,12,14). The van der Waals surface area contributed by atoms with Gasteiger partial charge in [0.05, 0.1) is 13.7 Å². The van der Waals surface area contributed by atoms with Gasteiger partial charge in [0, 0.05) is 24.8 Å². The second-order valence-corrected chi connectivity index (χ2v) is 5.25. The lowest BCUT2D eigenvalue weighted by atomic mass is 9.91. The second kappa shape index (κ2) is 8.36. The van der Waals surface area contributed by atoms with Crippen LogP contribution in [-0.4, -0.2) is 44.3 Å². The third kappa shape index (κ3) is 7.23. The van der Waals surface area contributed by atoms with Crippen LogP contribution >= 0.6 is 11.8 Å². The lowest BCUT2D eigenvalue weighted by Crippen LogP contribution is -2.31. The molecule has 0 radical (unpaired) electrons. The van der Waals surface area contributed by atoms with E-state index in [2.05, 4.69) is 10.1 Å². The molecular weight excluding hydrogens is 242 g/mol. The maximum Gasteiger partial charge on any atom is 0.406 e. The van der Waals surface area contributed by atoms with Crippen LogP contribution in [0.5, 0.6) is 0 Å². The molecule has 0 aliphatic rings. The van der Waals surface area contributed by atoms with E-state index in [0.717, 1.165) is 0 Å². The lowest BCUT2D eigenvalue weighted by Gasteiger charge is -2.22. The molecule has 0 unspecified atom stereocenters. The summed E-state index contributed by atoms with van der Waals surface area (Å²) in [6.07, 6.45) is 0.112.